The number of hydrogen-bond donors (Lipinski definition) is 2. The van der Waals surface area contributed by atoms with Gasteiger partial charge in [0.2, 0.25) is 0 Å². The van der Waals surface area contributed by atoms with E-state index >= 15 is 0 Å². The van der Waals surface area contributed by atoms with Crippen LogP contribution < -0.4 is 10.6 Å². The molecule has 112 valence electrons. The van der Waals surface area contributed by atoms with Gasteiger partial charge in [-0.25, -0.2) is 0 Å². The molecular weight excluding hydrogens is 264 g/mol. The fraction of sp³-hybridized carbons (Fsp3) is 0.375. The van der Waals surface area contributed by atoms with E-state index in [1.807, 2.05) is 38.2 Å². The molecule has 5 nitrogen and oxygen atoms in total. The number of amides is 1. The monoisotopic (exact) mass is 286 g/mol. The number of rotatable bonds is 6. The van der Waals surface area contributed by atoms with E-state index in [9.17, 15) is 4.79 Å². The predicted molar refractivity (Wildman–Crippen MR) is 85.8 cm³/mol. The van der Waals surface area contributed by atoms with Gasteiger partial charge in [-0.15, -0.1) is 0 Å². The molecule has 0 aliphatic rings. The summed E-state index contributed by atoms with van der Waals surface area (Å²) in [6, 6.07) is 5.80. The summed E-state index contributed by atoms with van der Waals surface area (Å²) >= 11 is 0. The van der Waals surface area contributed by atoms with E-state index in [1.54, 1.807) is 10.9 Å². The molecule has 2 aromatic rings. The predicted octanol–water partition coefficient (Wildman–Crippen LogP) is 3.29. The summed E-state index contributed by atoms with van der Waals surface area (Å²) < 4.78 is 1.78. The van der Waals surface area contributed by atoms with Crippen LogP contribution in [0.2, 0.25) is 0 Å². The molecule has 0 aliphatic heterocycles. The van der Waals surface area contributed by atoms with Gasteiger partial charge < -0.3 is 10.6 Å². The number of benzene rings is 1. The Bertz CT molecular complexity index is 618. The first-order valence-electron chi connectivity index (χ1n) is 7.32. The van der Waals surface area contributed by atoms with Crippen molar-refractivity contribution in [1.29, 1.82) is 0 Å². The molecule has 0 aliphatic carbocycles. The molecule has 0 unspecified atom stereocenters. The highest BCUT2D eigenvalue weighted by molar-refractivity contribution is 6.08. The minimum atomic E-state index is -0.121. The Morgan fingerprint density at radius 3 is 2.81 bits per heavy atom. The maximum Gasteiger partial charge on any atom is 0.257 e. The summed E-state index contributed by atoms with van der Waals surface area (Å²) in [5.74, 6) is -0.121. The molecule has 2 N–H and O–H groups in total. The number of hydrogen-bond acceptors (Lipinski definition) is 3. The molecule has 1 aromatic carbocycles. The third-order valence-corrected chi connectivity index (χ3v) is 3.20. The molecule has 21 heavy (non-hydrogen) atoms. The van der Waals surface area contributed by atoms with Gasteiger partial charge in [-0.3, -0.25) is 9.48 Å². The van der Waals surface area contributed by atoms with Gasteiger partial charge in [0.1, 0.15) is 0 Å². The zero-order chi connectivity index (χ0) is 15.2. The largest absolute Gasteiger partial charge is 0.384 e. The van der Waals surface area contributed by atoms with Crippen LogP contribution in [0.5, 0.6) is 0 Å². The number of anilines is 2. The minimum absolute atomic E-state index is 0.121. The zero-order valence-electron chi connectivity index (χ0n) is 12.8. The Labute approximate surface area is 125 Å². The summed E-state index contributed by atoms with van der Waals surface area (Å²) in [5.41, 5.74) is 3.36. The molecule has 0 fully saturated rings. The lowest BCUT2D eigenvalue weighted by atomic mass is 10.1. The lowest BCUT2D eigenvalue weighted by Crippen LogP contribution is -2.15. The van der Waals surface area contributed by atoms with Crippen LogP contribution in [-0.4, -0.2) is 22.2 Å². The van der Waals surface area contributed by atoms with E-state index in [0.29, 0.717) is 11.3 Å². The van der Waals surface area contributed by atoms with Gasteiger partial charge >= 0.3 is 0 Å². The van der Waals surface area contributed by atoms with E-state index in [1.165, 1.54) is 0 Å². The van der Waals surface area contributed by atoms with Gasteiger partial charge in [0.15, 0.2) is 0 Å². The van der Waals surface area contributed by atoms with E-state index in [-0.39, 0.29) is 5.91 Å². The average molecular weight is 286 g/mol. The van der Waals surface area contributed by atoms with Crippen molar-refractivity contribution < 1.29 is 4.79 Å². The van der Waals surface area contributed by atoms with Crippen LogP contribution in [0.3, 0.4) is 0 Å². The van der Waals surface area contributed by atoms with E-state index in [2.05, 4.69) is 22.7 Å². The lowest BCUT2D eigenvalue weighted by Gasteiger charge is -2.12. The summed E-state index contributed by atoms with van der Waals surface area (Å²) in [6.45, 7) is 7.75. The number of carbonyl (C=O) groups excluding carboxylic acids is 1. The lowest BCUT2D eigenvalue weighted by molar-refractivity contribution is 0.102. The molecule has 0 spiro atoms. The summed E-state index contributed by atoms with van der Waals surface area (Å²) in [4.78, 5) is 12.4. The molecule has 1 amide bonds. The first kappa shape index (κ1) is 15.1. The molecule has 1 aromatic heterocycles. The molecule has 0 bridgehead atoms. The fourth-order valence-corrected chi connectivity index (χ4v) is 2.06. The summed E-state index contributed by atoms with van der Waals surface area (Å²) in [7, 11) is 0. The third-order valence-electron chi connectivity index (χ3n) is 3.20. The van der Waals surface area contributed by atoms with Crippen LogP contribution in [0.1, 0.15) is 36.2 Å². The molecule has 0 atom stereocenters. The maximum absolute atomic E-state index is 12.4. The molecule has 2 rings (SSSR count). The first-order chi connectivity index (χ1) is 10.1. The normalized spacial score (nSPS) is 10.4. The van der Waals surface area contributed by atoms with Crippen LogP contribution in [0, 0.1) is 6.92 Å². The van der Waals surface area contributed by atoms with Crippen LogP contribution >= 0.6 is 0 Å². The first-order valence-corrected chi connectivity index (χ1v) is 7.32. The van der Waals surface area contributed by atoms with Gasteiger partial charge in [-0.2, -0.15) is 5.10 Å². The highest BCUT2D eigenvalue weighted by atomic mass is 16.1. The van der Waals surface area contributed by atoms with Crippen molar-refractivity contribution in [1.82, 2.24) is 9.78 Å². The number of nitrogens with one attached hydrogen (secondary N) is 2. The molecule has 0 saturated carbocycles. The van der Waals surface area contributed by atoms with Crippen molar-refractivity contribution in [2.45, 2.75) is 33.7 Å². The van der Waals surface area contributed by atoms with E-state index in [4.69, 9.17) is 0 Å². The van der Waals surface area contributed by atoms with Crippen molar-refractivity contribution in [2.24, 2.45) is 0 Å². The minimum Gasteiger partial charge on any atom is -0.384 e. The van der Waals surface area contributed by atoms with Crippen molar-refractivity contribution in [2.75, 3.05) is 17.2 Å². The highest BCUT2D eigenvalue weighted by Crippen LogP contribution is 2.19. The average Bonchev–Trinajstić information content (AvgIpc) is 2.92. The van der Waals surface area contributed by atoms with Crippen molar-refractivity contribution >= 4 is 17.3 Å². The smallest absolute Gasteiger partial charge is 0.257 e. The number of aromatic nitrogens is 2. The second-order valence-corrected chi connectivity index (χ2v) is 5.01. The Balaban J connectivity index is 2.17. The van der Waals surface area contributed by atoms with Crippen molar-refractivity contribution in [3.8, 4) is 0 Å². The molecule has 0 saturated heterocycles. The Morgan fingerprint density at radius 2 is 2.14 bits per heavy atom. The van der Waals surface area contributed by atoms with Gasteiger partial charge in [0, 0.05) is 25.0 Å². The number of nitrogens with zero attached hydrogens (tertiary/aromatic N) is 2. The second kappa shape index (κ2) is 6.92. The van der Waals surface area contributed by atoms with E-state index < -0.39 is 0 Å². The highest BCUT2D eigenvalue weighted by Gasteiger charge is 2.12. The number of carbonyl (C=O) groups is 1. The van der Waals surface area contributed by atoms with Crippen molar-refractivity contribution in [3.63, 3.8) is 0 Å². The quantitative estimate of drug-likeness (QED) is 0.856. The Morgan fingerprint density at radius 1 is 1.33 bits per heavy atom. The van der Waals surface area contributed by atoms with Gasteiger partial charge in [0.05, 0.1) is 17.4 Å². The standard InChI is InChI=1S/C16H22N4O/c1-4-8-17-15-9-12(3)6-7-14(15)16(21)19-13-10-18-20(5-2)11-13/h6-7,9-11,17H,4-5,8H2,1-3H3,(H,19,21). The molecule has 5 heteroatoms. The molecule has 0 radical (unpaired) electrons. The SMILES string of the molecule is CCCNc1cc(C)ccc1C(=O)Nc1cnn(CC)c1. The van der Waals surface area contributed by atoms with Crippen LogP contribution in [0.15, 0.2) is 30.6 Å². The zero-order valence-corrected chi connectivity index (χ0v) is 12.8. The van der Waals surface area contributed by atoms with Gasteiger partial charge in [0.25, 0.3) is 5.91 Å². The molecular formula is C16H22N4O. The fourth-order valence-electron chi connectivity index (χ4n) is 2.06. The van der Waals surface area contributed by atoms with Crippen molar-refractivity contribution in [3.05, 3.63) is 41.7 Å². The topological polar surface area (TPSA) is 59.0 Å². The van der Waals surface area contributed by atoms with Crippen LogP contribution in [0.4, 0.5) is 11.4 Å². The van der Waals surface area contributed by atoms with Crippen LogP contribution in [0.25, 0.3) is 0 Å². The molecule has 1 heterocycles. The van der Waals surface area contributed by atoms with Gasteiger partial charge in [-0.05, 0) is 38.0 Å². The third kappa shape index (κ3) is 3.84. The number of aryl methyl sites for hydroxylation is 2. The second-order valence-electron chi connectivity index (χ2n) is 5.01. The van der Waals surface area contributed by atoms with Crippen LogP contribution in [-0.2, 0) is 6.54 Å². The Kier molecular flexibility index (Phi) is 4.98. The summed E-state index contributed by atoms with van der Waals surface area (Å²) in [6.07, 6.45) is 4.50. The van der Waals surface area contributed by atoms with E-state index in [0.717, 1.165) is 30.8 Å². The summed E-state index contributed by atoms with van der Waals surface area (Å²) in [5, 5.41) is 10.3. The Hall–Kier alpha value is -2.30. The van der Waals surface area contributed by atoms with Gasteiger partial charge in [-0.1, -0.05) is 13.0 Å². The maximum atomic E-state index is 12.4.